The predicted molar refractivity (Wildman–Crippen MR) is 146 cm³/mol. The Balaban J connectivity index is 2.29. The van der Waals surface area contributed by atoms with E-state index in [1.54, 1.807) is 26.4 Å². The van der Waals surface area contributed by atoms with E-state index in [9.17, 15) is 4.79 Å². The van der Waals surface area contributed by atoms with Gasteiger partial charge in [-0.15, -0.1) is 0 Å². The average molecular weight is 515 g/mol. The molecule has 0 bridgehead atoms. The van der Waals surface area contributed by atoms with Crippen LogP contribution in [0, 0.1) is 0 Å². The number of carbonyl (C=O) groups is 1. The topological polar surface area (TPSA) is 63.2 Å². The molecule has 0 saturated carbocycles. The summed E-state index contributed by atoms with van der Waals surface area (Å²) in [6.45, 7) is 14.1. The summed E-state index contributed by atoms with van der Waals surface area (Å²) in [7, 11) is 1.83. The minimum absolute atomic E-state index is 0.152. The Bertz CT molecular complexity index is 954. The quantitative estimate of drug-likeness (QED) is 0.0852. The van der Waals surface area contributed by atoms with Crippen molar-refractivity contribution < 1.29 is 28.5 Å². The number of hydrogen-bond donors (Lipinski definition) is 0. The molecule has 2 aromatic rings. The normalized spacial score (nSPS) is 13.2. The molecule has 2 rings (SSSR count). The van der Waals surface area contributed by atoms with Crippen molar-refractivity contribution >= 4 is 14.0 Å². The molecule has 0 N–H and O–H groups in total. The lowest BCUT2D eigenvalue weighted by molar-refractivity contribution is -0.0913. The maximum absolute atomic E-state index is 13.1. The number of hydrogen-bond acceptors (Lipinski definition) is 6. The number of methoxy groups -OCH3 is 2. The highest BCUT2D eigenvalue weighted by Crippen LogP contribution is 2.33. The van der Waals surface area contributed by atoms with E-state index in [0.29, 0.717) is 31.6 Å². The largest absolute Gasteiger partial charge is 0.497 e. The molecule has 0 aliphatic carbocycles. The fraction of sp³-hybridized carbons (Fsp3) is 0.483. The molecule has 198 valence electrons. The Kier molecular flexibility index (Phi) is 12.4. The molecule has 7 heteroatoms. The Morgan fingerprint density at radius 3 is 2.33 bits per heavy atom. The van der Waals surface area contributed by atoms with Crippen LogP contribution in [0.2, 0.25) is 19.6 Å². The van der Waals surface area contributed by atoms with E-state index in [4.69, 9.17) is 23.7 Å². The summed E-state index contributed by atoms with van der Waals surface area (Å²) >= 11 is 0. The molecule has 6 nitrogen and oxygen atoms in total. The van der Waals surface area contributed by atoms with Gasteiger partial charge in [0.25, 0.3) is 0 Å². The Labute approximate surface area is 217 Å². The molecular weight excluding hydrogens is 472 g/mol. The molecule has 0 saturated heterocycles. The second-order valence-corrected chi connectivity index (χ2v) is 15.6. The van der Waals surface area contributed by atoms with E-state index in [1.807, 2.05) is 37.3 Å². The van der Waals surface area contributed by atoms with E-state index in [2.05, 4.69) is 32.3 Å². The van der Waals surface area contributed by atoms with E-state index in [-0.39, 0.29) is 18.9 Å². The van der Waals surface area contributed by atoms with Gasteiger partial charge in [0.15, 0.2) is 0 Å². The van der Waals surface area contributed by atoms with Crippen molar-refractivity contribution in [3.05, 3.63) is 77.4 Å². The zero-order chi connectivity index (χ0) is 26.6. The highest BCUT2D eigenvalue weighted by Gasteiger charge is 2.26. The first-order chi connectivity index (χ1) is 17.1. The Hall–Kier alpha value is -2.45. The van der Waals surface area contributed by atoms with Crippen LogP contribution in [-0.4, -0.2) is 54.4 Å². The lowest BCUT2D eigenvalue weighted by Crippen LogP contribution is -2.26. The van der Waals surface area contributed by atoms with Crippen LogP contribution in [0.4, 0.5) is 0 Å². The number of esters is 1. The van der Waals surface area contributed by atoms with Crippen LogP contribution in [0.5, 0.6) is 5.75 Å². The average Bonchev–Trinajstić information content (AvgIpc) is 2.84. The van der Waals surface area contributed by atoms with Crippen LogP contribution in [-0.2, 0) is 25.0 Å². The van der Waals surface area contributed by atoms with Crippen LogP contribution < -0.4 is 4.74 Å². The van der Waals surface area contributed by atoms with Gasteiger partial charge in [-0.2, -0.15) is 0 Å². The van der Waals surface area contributed by atoms with Crippen molar-refractivity contribution in [1.82, 2.24) is 0 Å². The highest BCUT2D eigenvalue weighted by molar-refractivity contribution is 6.75. The van der Waals surface area contributed by atoms with E-state index < -0.39 is 14.2 Å². The van der Waals surface area contributed by atoms with Crippen LogP contribution in [0.15, 0.2) is 60.7 Å². The molecule has 36 heavy (non-hydrogen) atoms. The van der Waals surface area contributed by atoms with Crippen molar-refractivity contribution in [2.45, 2.75) is 57.7 Å². The first-order valence-electron chi connectivity index (χ1n) is 12.4. The standard InChI is InChI=1S/C29H42O6Si/c1-22(2)27(34-21-33-18-17-31-3)15-16-28(35-29(30)23-11-9-8-10-12-23)26-14-13-25(32-4)19-24(26)20-36(5,6)7/h8-14,19,27-28H,1,15-18,20-21H2,2-7H3. The summed E-state index contributed by atoms with van der Waals surface area (Å²) in [5, 5.41) is 0. The fourth-order valence-electron chi connectivity index (χ4n) is 3.90. The molecule has 0 aliphatic rings. The molecular formula is C29H42O6Si. The number of benzene rings is 2. The van der Waals surface area contributed by atoms with Crippen LogP contribution in [0.25, 0.3) is 0 Å². The van der Waals surface area contributed by atoms with Gasteiger partial charge < -0.3 is 23.7 Å². The van der Waals surface area contributed by atoms with Gasteiger partial charge in [0.2, 0.25) is 0 Å². The molecule has 0 aliphatic heterocycles. The van der Waals surface area contributed by atoms with Gasteiger partial charge in [-0.1, -0.05) is 56.1 Å². The molecule has 2 atom stereocenters. The van der Waals surface area contributed by atoms with Crippen molar-refractivity contribution in [3.8, 4) is 5.75 Å². The maximum Gasteiger partial charge on any atom is 0.338 e. The zero-order valence-electron chi connectivity index (χ0n) is 22.7. The maximum atomic E-state index is 13.1. The summed E-state index contributed by atoms with van der Waals surface area (Å²) in [6.07, 6.45) is 0.562. The smallest absolute Gasteiger partial charge is 0.338 e. The van der Waals surface area contributed by atoms with Crippen molar-refractivity contribution in [2.24, 2.45) is 0 Å². The molecule has 0 spiro atoms. The van der Waals surface area contributed by atoms with Crippen molar-refractivity contribution in [1.29, 1.82) is 0 Å². The highest BCUT2D eigenvalue weighted by atomic mass is 28.3. The van der Waals surface area contributed by atoms with E-state index in [0.717, 1.165) is 28.5 Å². The van der Waals surface area contributed by atoms with E-state index >= 15 is 0 Å². The Morgan fingerprint density at radius 2 is 1.72 bits per heavy atom. The number of rotatable bonds is 16. The molecule has 2 unspecified atom stereocenters. The zero-order valence-corrected chi connectivity index (χ0v) is 23.7. The van der Waals surface area contributed by atoms with Crippen LogP contribution in [0.1, 0.15) is 47.4 Å². The van der Waals surface area contributed by atoms with E-state index in [1.165, 1.54) is 0 Å². The van der Waals surface area contributed by atoms with Gasteiger partial charge in [0.1, 0.15) is 18.6 Å². The SMILES string of the molecule is C=C(C)C(CCC(OC(=O)c1ccccc1)c1ccc(OC)cc1C[Si](C)(C)C)OCOCCOC. The summed E-state index contributed by atoms with van der Waals surface area (Å²) in [4.78, 5) is 13.1. The molecule has 0 heterocycles. The fourth-order valence-corrected chi connectivity index (χ4v) is 5.35. The molecule has 2 aromatic carbocycles. The van der Waals surface area contributed by atoms with Gasteiger partial charge in [0.05, 0.1) is 32.0 Å². The summed E-state index contributed by atoms with van der Waals surface area (Å²) in [5.41, 5.74) is 3.60. The van der Waals surface area contributed by atoms with Gasteiger partial charge in [-0.05, 0) is 61.2 Å². The third-order valence-corrected chi connectivity index (χ3v) is 7.14. The lowest BCUT2D eigenvalue weighted by atomic mass is 9.96. The monoisotopic (exact) mass is 514 g/mol. The molecule has 0 radical (unpaired) electrons. The summed E-state index contributed by atoms with van der Waals surface area (Å²) < 4.78 is 28.1. The third-order valence-electron chi connectivity index (χ3n) is 5.70. The minimum Gasteiger partial charge on any atom is -0.497 e. The molecule has 0 fully saturated rings. The first-order valence-corrected chi connectivity index (χ1v) is 16.1. The minimum atomic E-state index is -1.47. The number of carbonyl (C=O) groups excluding carboxylic acids is 1. The van der Waals surface area contributed by atoms with Gasteiger partial charge >= 0.3 is 5.97 Å². The van der Waals surface area contributed by atoms with Gasteiger partial charge in [-0.3, -0.25) is 0 Å². The number of ether oxygens (including phenoxy) is 5. The summed E-state index contributed by atoms with van der Waals surface area (Å²) in [5.74, 6) is 0.461. The Morgan fingerprint density at radius 1 is 1.00 bits per heavy atom. The summed E-state index contributed by atoms with van der Waals surface area (Å²) in [6, 6.07) is 16.1. The van der Waals surface area contributed by atoms with Crippen LogP contribution in [0.3, 0.4) is 0 Å². The van der Waals surface area contributed by atoms with Gasteiger partial charge in [-0.25, -0.2) is 4.79 Å². The molecule has 0 aromatic heterocycles. The van der Waals surface area contributed by atoms with Crippen LogP contribution >= 0.6 is 0 Å². The first kappa shape index (κ1) is 29.8. The van der Waals surface area contributed by atoms with Crippen molar-refractivity contribution in [3.63, 3.8) is 0 Å². The van der Waals surface area contributed by atoms with Crippen molar-refractivity contribution in [2.75, 3.05) is 34.2 Å². The predicted octanol–water partition coefficient (Wildman–Crippen LogP) is 6.38. The van der Waals surface area contributed by atoms with Gasteiger partial charge in [0, 0.05) is 15.2 Å². The third kappa shape index (κ3) is 10.3. The molecule has 0 amide bonds. The second kappa shape index (κ2) is 14.9. The lowest BCUT2D eigenvalue weighted by Gasteiger charge is -2.26. The second-order valence-electron chi connectivity index (χ2n) is 10.2.